The predicted octanol–water partition coefficient (Wildman–Crippen LogP) is 2.37. The molecule has 8 heteroatoms. The summed E-state index contributed by atoms with van der Waals surface area (Å²) in [5.41, 5.74) is -0.320. The van der Waals surface area contributed by atoms with Crippen LogP contribution in [0.15, 0.2) is 30.0 Å². The second-order valence-electron chi connectivity index (χ2n) is 3.64. The summed E-state index contributed by atoms with van der Waals surface area (Å²) in [5, 5.41) is 28.5. The number of carboxylic acid groups (broad SMARTS) is 1. The molecule has 0 fully saturated rings. The van der Waals surface area contributed by atoms with Crippen molar-refractivity contribution < 1.29 is 23.4 Å². The summed E-state index contributed by atoms with van der Waals surface area (Å²) in [6.07, 6.45) is -1.67. The molecule has 0 bridgehead atoms. The number of nitriles is 2. The highest BCUT2D eigenvalue weighted by atomic mass is 19.3. The zero-order valence-electron chi connectivity index (χ0n) is 10.5. The summed E-state index contributed by atoms with van der Waals surface area (Å²) >= 11 is 0. The van der Waals surface area contributed by atoms with Crippen LogP contribution in [0.2, 0.25) is 0 Å². The third-order valence-corrected chi connectivity index (χ3v) is 2.20. The fraction of sp³-hybridized carbons (Fsp3) is 0.154. The molecule has 0 aromatic heterocycles. The van der Waals surface area contributed by atoms with E-state index in [2.05, 4.69) is 5.32 Å². The number of aromatic carboxylic acids is 1. The number of carbonyl (C=O) groups is 1. The standard InChI is InChI=1S/C13H9F2N3O3/c14-12(15)7-21-11-2-1-9(13(19)20)3-10(11)18-6-8(4-16)5-17/h1-3,6,12,18H,7H2,(H,19,20). The number of carboxylic acids is 1. The Bertz CT molecular complexity index is 629. The van der Waals surface area contributed by atoms with Gasteiger partial charge in [-0.2, -0.15) is 10.5 Å². The number of rotatable bonds is 6. The van der Waals surface area contributed by atoms with Crippen molar-refractivity contribution in [2.75, 3.05) is 11.9 Å². The van der Waals surface area contributed by atoms with E-state index in [1.54, 1.807) is 12.1 Å². The van der Waals surface area contributed by atoms with E-state index in [-0.39, 0.29) is 22.6 Å². The van der Waals surface area contributed by atoms with Crippen molar-refractivity contribution in [3.63, 3.8) is 0 Å². The van der Waals surface area contributed by atoms with Gasteiger partial charge in [-0.05, 0) is 18.2 Å². The number of ether oxygens (including phenoxy) is 1. The molecular formula is C13H9F2N3O3. The van der Waals surface area contributed by atoms with E-state index < -0.39 is 19.0 Å². The molecule has 21 heavy (non-hydrogen) atoms. The van der Waals surface area contributed by atoms with Crippen LogP contribution in [0, 0.1) is 22.7 Å². The van der Waals surface area contributed by atoms with Gasteiger partial charge in [0, 0.05) is 6.20 Å². The molecule has 0 atom stereocenters. The van der Waals surface area contributed by atoms with Crippen LogP contribution in [0.4, 0.5) is 14.5 Å². The Kier molecular flexibility index (Phi) is 5.66. The maximum absolute atomic E-state index is 12.1. The summed E-state index contributed by atoms with van der Waals surface area (Å²) < 4.78 is 29.1. The number of halogens is 2. The molecule has 0 heterocycles. The van der Waals surface area contributed by atoms with E-state index in [1.807, 2.05) is 0 Å². The molecule has 1 aromatic carbocycles. The minimum absolute atomic E-state index is 0.0215. The lowest BCUT2D eigenvalue weighted by Crippen LogP contribution is -2.09. The van der Waals surface area contributed by atoms with Crippen molar-refractivity contribution in [3.05, 3.63) is 35.5 Å². The molecule has 108 valence electrons. The largest absolute Gasteiger partial charge is 0.485 e. The topological polar surface area (TPSA) is 106 Å². The van der Waals surface area contributed by atoms with Crippen LogP contribution in [-0.4, -0.2) is 24.1 Å². The van der Waals surface area contributed by atoms with Crippen molar-refractivity contribution in [1.82, 2.24) is 0 Å². The third-order valence-electron chi connectivity index (χ3n) is 2.20. The Labute approximate surface area is 118 Å². The summed E-state index contributed by atoms with van der Waals surface area (Å²) in [6.45, 7) is -0.867. The fourth-order valence-corrected chi connectivity index (χ4v) is 1.29. The zero-order chi connectivity index (χ0) is 15.8. The molecule has 0 saturated heterocycles. The number of nitrogens with zero attached hydrogens (tertiary/aromatic N) is 2. The molecule has 6 nitrogen and oxygen atoms in total. The van der Waals surface area contributed by atoms with Crippen LogP contribution in [-0.2, 0) is 0 Å². The van der Waals surface area contributed by atoms with E-state index in [0.717, 1.165) is 12.3 Å². The Morgan fingerprint density at radius 2 is 2.10 bits per heavy atom. The van der Waals surface area contributed by atoms with Gasteiger partial charge >= 0.3 is 5.97 Å². The first-order valence-electron chi connectivity index (χ1n) is 5.53. The number of allylic oxidation sites excluding steroid dienone is 1. The Morgan fingerprint density at radius 3 is 2.62 bits per heavy atom. The molecule has 2 N–H and O–H groups in total. The molecule has 0 aliphatic carbocycles. The summed E-state index contributed by atoms with van der Waals surface area (Å²) in [5.74, 6) is -1.24. The van der Waals surface area contributed by atoms with Gasteiger partial charge in [0.1, 0.15) is 30.1 Å². The average Bonchev–Trinajstić information content (AvgIpc) is 2.46. The Hall–Kier alpha value is -3.13. The molecule has 0 amide bonds. The van der Waals surface area contributed by atoms with Crippen LogP contribution in [0.1, 0.15) is 10.4 Å². The second-order valence-corrected chi connectivity index (χ2v) is 3.64. The lowest BCUT2D eigenvalue weighted by molar-refractivity contribution is 0.0695. The van der Waals surface area contributed by atoms with Crippen molar-refractivity contribution in [3.8, 4) is 17.9 Å². The SMILES string of the molecule is N#CC(C#N)=CNc1cc(C(=O)O)ccc1OCC(F)F. The second kappa shape index (κ2) is 7.46. The molecule has 0 saturated carbocycles. The number of hydrogen-bond donors (Lipinski definition) is 2. The summed E-state index contributed by atoms with van der Waals surface area (Å²) in [6, 6.07) is 6.72. The predicted molar refractivity (Wildman–Crippen MR) is 67.8 cm³/mol. The smallest absolute Gasteiger partial charge is 0.335 e. The lowest BCUT2D eigenvalue weighted by Gasteiger charge is -2.11. The van der Waals surface area contributed by atoms with Crippen molar-refractivity contribution in [1.29, 1.82) is 10.5 Å². The number of anilines is 1. The van der Waals surface area contributed by atoms with Gasteiger partial charge in [0.05, 0.1) is 11.3 Å². The lowest BCUT2D eigenvalue weighted by atomic mass is 10.2. The van der Waals surface area contributed by atoms with Crippen LogP contribution in [0.3, 0.4) is 0 Å². The average molecular weight is 293 g/mol. The Balaban J connectivity index is 3.08. The van der Waals surface area contributed by atoms with Crippen LogP contribution in [0.25, 0.3) is 0 Å². The maximum Gasteiger partial charge on any atom is 0.335 e. The van der Waals surface area contributed by atoms with E-state index in [1.165, 1.54) is 12.1 Å². The highest BCUT2D eigenvalue weighted by Gasteiger charge is 2.11. The number of alkyl halides is 2. The minimum atomic E-state index is -2.69. The Morgan fingerprint density at radius 1 is 1.43 bits per heavy atom. The first-order chi connectivity index (χ1) is 9.97. The maximum atomic E-state index is 12.1. The van der Waals surface area contributed by atoms with Crippen LogP contribution in [0.5, 0.6) is 5.75 Å². The summed E-state index contributed by atoms with van der Waals surface area (Å²) in [4.78, 5) is 10.9. The summed E-state index contributed by atoms with van der Waals surface area (Å²) in [7, 11) is 0. The van der Waals surface area contributed by atoms with E-state index in [4.69, 9.17) is 20.4 Å². The highest BCUT2D eigenvalue weighted by molar-refractivity contribution is 5.89. The molecule has 0 unspecified atom stereocenters. The quantitative estimate of drug-likeness (QED) is 0.780. The number of nitrogens with one attached hydrogen (secondary N) is 1. The van der Waals surface area contributed by atoms with E-state index in [9.17, 15) is 13.6 Å². The van der Waals surface area contributed by atoms with Gasteiger partial charge < -0.3 is 15.2 Å². The molecule has 1 aromatic rings. The van der Waals surface area contributed by atoms with Gasteiger partial charge in [-0.15, -0.1) is 0 Å². The normalized spacial score (nSPS) is 9.38. The molecule has 0 aliphatic rings. The molecule has 1 rings (SSSR count). The molecule has 0 radical (unpaired) electrons. The molecule has 0 spiro atoms. The van der Waals surface area contributed by atoms with Gasteiger partial charge in [0.2, 0.25) is 0 Å². The minimum Gasteiger partial charge on any atom is -0.485 e. The van der Waals surface area contributed by atoms with E-state index >= 15 is 0 Å². The van der Waals surface area contributed by atoms with Gasteiger partial charge in [0.15, 0.2) is 0 Å². The fourth-order valence-electron chi connectivity index (χ4n) is 1.29. The first kappa shape index (κ1) is 15.9. The van der Waals surface area contributed by atoms with Crippen molar-refractivity contribution in [2.24, 2.45) is 0 Å². The monoisotopic (exact) mass is 293 g/mol. The van der Waals surface area contributed by atoms with Gasteiger partial charge in [-0.25, -0.2) is 13.6 Å². The van der Waals surface area contributed by atoms with Gasteiger partial charge in [0.25, 0.3) is 6.43 Å². The molecular weight excluding hydrogens is 284 g/mol. The number of benzene rings is 1. The van der Waals surface area contributed by atoms with E-state index in [0.29, 0.717) is 0 Å². The van der Waals surface area contributed by atoms with Gasteiger partial charge in [-0.1, -0.05) is 0 Å². The van der Waals surface area contributed by atoms with Crippen LogP contribution >= 0.6 is 0 Å². The zero-order valence-corrected chi connectivity index (χ0v) is 10.5. The van der Waals surface area contributed by atoms with Crippen molar-refractivity contribution >= 4 is 11.7 Å². The highest BCUT2D eigenvalue weighted by Crippen LogP contribution is 2.26. The molecule has 0 aliphatic heterocycles. The van der Waals surface area contributed by atoms with Gasteiger partial charge in [-0.3, -0.25) is 0 Å². The third kappa shape index (κ3) is 4.80. The number of hydrogen-bond acceptors (Lipinski definition) is 5. The first-order valence-corrected chi connectivity index (χ1v) is 5.53. The van der Waals surface area contributed by atoms with Crippen molar-refractivity contribution in [2.45, 2.75) is 6.43 Å². The van der Waals surface area contributed by atoms with Crippen LogP contribution < -0.4 is 10.1 Å².